The molecule has 0 atom stereocenters. The molecule has 2 aromatic rings. The molecule has 0 aliphatic carbocycles. The Bertz CT molecular complexity index is 768. The predicted molar refractivity (Wildman–Crippen MR) is 105 cm³/mol. The van der Waals surface area contributed by atoms with Crippen LogP contribution in [0.5, 0.6) is 17.2 Å². The van der Waals surface area contributed by atoms with Gasteiger partial charge in [0.05, 0.1) is 14.2 Å². The largest absolute Gasteiger partial charge is 0.493 e. The monoisotopic (exact) mass is 370 g/mol. The summed E-state index contributed by atoms with van der Waals surface area (Å²) < 4.78 is 16.5. The Hall–Kier alpha value is -2.73. The van der Waals surface area contributed by atoms with Gasteiger partial charge in [-0.1, -0.05) is 0 Å². The fourth-order valence-electron chi connectivity index (χ4n) is 3.09. The summed E-state index contributed by atoms with van der Waals surface area (Å²) in [5.41, 5.74) is 1.21. The van der Waals surface area contributed by atoms with E-state index in [9.17, 15) is 4.79 Å². The minimum atomic E-state index is -0.208. The summed E-state index contributed by atoms with van der Waals surface area (Å²) in [7, 11) is 5.24. The van der Waals surface area contributed by atoms with Gasteiger partial charge in [0.15, 0.2) is 11.5 Å². The minimum absolute atomic E-state index is 0.208. The van der Waals surface area contributed by atoms with Crippen LogP contribution in [0, 0.1) is 0 Å². The van der Waals surface area contributed by atoms with Crippen LogP contribution in [0.2, 0.25) is 0 Å². The highest BCUT2D eigenvalue weighted by molar-refractivity contribution is 6.04. The Balaban J connectivity index is 1.60. The van der Waals surface area contributed by atoms with Crippen molar-refractivity contribution in [1.82, 2.24) is 4.90 Å². The minimum Gasteiger partial charge on any atom is -0.493 e. The molecule has 1 aliphatic rings. The maximum Gasteiger partial charge on any atom is 0.255 e. The normalized spacial score (nSPS) is 15.2. The van der Waals surface area contributed by atoms with Gasteiger partial charge in [0, 0.05) is 24.3 Å². The van der Waals surface area contributed by atoms with Crippen molar-refractivity contribution in [2.24, 2.45) is 0 Å². The molecule has 0 aromatic heterocycles. The molecule has 0 bridgehead atoms. The molecule has 1 heterocycles. The first-order valence-corrected chi connectivity index (χ1v) is 9.07. The van der Waals surface area contributed by atoms with Gasteiger partial charge in [-0.25, -0.2) is 0 Å². The first kappa shape index (κ1) is 19.0. The number of amides is 1. The van der Waals surface area contributed by atoms with Crippen molar-refractivity contribution in [3.8, 4) is 17.2 Å². The van der Waals surface area contributed by atoms with Crippen LogP contribution in [0.15, 0.2) is 42.5 Å². The van der Waals surface area contributed by atoms with Crippen LogP contribution in [-0.2, 0) is 0 Å². The molecule has 144 valence electrons. The van der Waals surface area contributed by atoms with Gasteiger partial charge in [0.2, 0.25) is 0 Å². The van der Waals surface area contributed by atoms with Gasteiger partial charge in [-0.15, -0.1) is 0 Å². The van der Waals surface area contributed by atoms with Gasteiger partial charge >= 0.3 is 0 Å². The maximum atomic E-state index is 12.5. The van der Waals surface area contributed by atoms with Gasteiger partial charge in [-0.05, 0) is 62.4 Å². The number of carbonyl (C=O) groups is 1. The lowest BCUT2D eigenvalue weighted by molar-refractivity contribution is 0.102. The number of methoxy groups -OCH3 is 2. The molecule has 6 nitrogen and oxygen atoms in total. The zero-order chi connectivity index (χ0) is 19.2. The molecule has 1 aliphatic heterocycles. The van der Waals surface area contributed by atoms with Crippen molar-refractivity contribution in [3.63, 3.8) is 0 Å². The summed E-state index contributed by atoms with van der Waals surface area (Å²) in [4.78, 5) is 14.8. The summed E-state index contributed by atoms with van der Waals surface area (Å²) in [6, 6.07) is 12.6. The summed E-state index contributed by atoms with van der Waals surface area (Å²) in [5.74, 6) is 1.73. The van der Waals surface area contributed by atoms with Crippen molar-refractivity contribution >= 4 is 11.6 Å². The van der Waals surface area contributed by atoms with Crippen LogP contribution in [-0.4, -0.2) is 51.3 Å². The number of likely N-dealkylation sites (tertiary alicyclic amines) is 1. The van der Waals surface area contributed by atoms with E-state index in [1.165, 1.54) is 0 Å². The molecule has 1 amide bonds. The molecule has 27 heavy (non-hydrogen) atoms. The number of carbonyl (C=O) groups excluding carboxylic acids is 1. The van der Waals surface area contributed by atoms with Crippen LogP contribution < -0.4 is 19.5 Å². The van der Waals surface area contributed by atoms with E-state index >= 15 is 0 Å². The third kappa shape index (κ3) is 4.92. The molecule has 2 aromatic carbocycles. The summed E-state index contributed by atoms with van der Waals surface area (Å²) >= 11 is 0. The zero-order valence-electron chi connectivity index (χ0n) is 16.0. The third-order valence-electron chi connectivity index (χ3n) is 4.73. The van der Waals surface area contributed by atoms with Crippen molar-refractivity contribution in [2.75, 3.05) is 39.7 Å². The Morgan fingerprint density at radius 3 is 2.30 bits per heavy atom. The van der Waals surface area contributed by atoms with Gasteiger partial charge in [-0.2, -0.15) is 0 Å². The Morgan fingerprint density at radius 1 is 1.00 bits per heavy atom. The van der Waals surface area contributed by atoms with Gasteiger partial charge in [0.1, 0.15) is 11.9 Å². The van der Waals surface area contributed by atoms with Crippen molar-refractivity contribution in [3.05, 3.63) is 48.0 Å². The highest BCUT2D eigenvalue weighted by Gasteiger charge is 2.18. The molecular weight excluding hydrogens is 344 g/mol. The van der Waals surface area contributed by atoms with E-state index in [0.717, 1.165) is 31.7 Å². The summed E-state index contributed by atoms with van der Waals surface area (Å²) in [6.07, 6.45) is 2.33. The molecule has 1 fully saturated rings. The van der Waals surface area contributed by atoms with Crippen LogP contribution in [0.4, 0.5) is 5.69 Å². The number of piperidine rings is 1. The zero-order valence-corrected chi connectivity index (χ0v) is 16.0. The van der Waals surface area contributed by atoms with E-state index < -0.39 is 0 Å². The number of hydrogen-bond acceptors (Lipinski definition) is 5. The van der Waals surface area contributed by atoms with Gasteiger partial charge in [0.25, 0.3) is 5.91 Å². The highest BCUT2D eigenvalue weighted by Crippen LogP contribution is 2.28. The molecule has 1 saturated heterocycles. The number of ether oxygens (including phenoxy) is 3. The quantitative estimate of drug-likeness (QED) is 0.844. The van der Waals surface area contributed by atoms with E-state index in [2.05, 4.69) is 17.3 Å². The first-order valence-electron chi connectivity index (χ1n) is 9.07. The van der Waals surface area contributed by atoms with E-state index in [4.69, 9.17) is 14.2 Å². The molecule has 1 N–H and O–H groups in total. The highest BCUT2D eigenvalue weighted by atomic mass is 16.5. The lowest BCUT2D eigenvalue weighted by Gasteiger charge is -2.29. The topological polar surface area (TPSA) is 60.0 Å². The summed E-state index contributed by atoms with van der Waals surface area (Å²) in [6.45, 7) is 2.12. The Morgan fingerprint density at radius 2 is 1.67 bits per heavy atom. The average Bonchev–Trinajstić information content (AvgIpc) is 2.70. The fourth-order valence-corrected chi connectivity index (χ4v) is 3.09. The Kier molecular flexibility index (Phi) is 6.19. The molecular formula is C21H26N2O4. The first-order chi connectivity index (χ1) is 13.1. The maximum absolute atomic E-state index is 12.5. The molecule has 6 heteroatoms. The number of benzene rings is 2. The van der Waals surface area contributed by atoms with E-state index in [0.29, 0.717) is 22.7 Å². The van der Waals surface area contributed by atoms with Gasteiger partial charge < -0.3 is 24.4 Å². The number of anilines is 1. The molecule has 0 radical (unpaired) electrons. The van der Waals surface area contributed by atoms with Crippen LogP contribution in [0.25, 0.3) is 0 Å². The van der Waals surface area contributed by atoms with E-state index in [1.54, 1.807) is 32.4 Å². The lowest BCUT2D eigenvalue weighted by atomic mass is 10.1. The predicted octanol–water partition coefficient (Wildman–Crippen LogP) is 3.43. The number of nitrogens with one attached hydrogen (secondary N) is 1. The average molecular weight is 370 g/mol. The molecule has 0 saturated carbocycles. The van der Waals surface area contributed by atoms with E-state index in [-0.39, 0.29) is 12.0 Å². The SMILES string of the molecule is COc1ccc(C(=O)Nc2ccc(OC3CCN(C)CC3)cc2)cc1OC. The summed E-state index contributed by atoms with van der Waals surface area (Å²) in [5, 5.41) is 2.89. The van der Waals surface area contributed by atoms with Crippen LogP contribution in [0.3, 0.4) is 0 Å². The second-order valence-corrected chi connectivity index (χ2v) is 6.67. The number of nitrogens with zero attached hydrogens (tertiary/aromatic N) is 1. The Labute approximate surface area is 160 Å². The van der Waals surface area contributed by atoms with Crippen molar-refractivity contribution < 1.29 is 19.0 Å². The fraction of sp³-hybridized carbons (Fsp3) is 0.381. The third-order valence-corrected chi connectivity index (χ3v) is 4.73. The van der Waals surface area contributed by atoms with Crippen LogP contribution >= 0.6 is 0 Å². The lowest BCUT2D eigenvalue weighted by Crippen LogP contribution is -2.35. The van der Waals surface area contributed by atoms with Gasteiger partial charge in [-0.3, -0.25) is 4.79 Å². The standard InChI is InChI=1S/C21H26N2O4/c1-23-12-10-18(11-13-23)27-17-7-5-16(6-8-17)22-21(24)15-4-9-19(25-2)20(14-15)26-3/h4-9,14,18H,10-13H2,1-3H3,(H,22,24). The molecule has 3 rings (SSSR count). The van der Waals surface area contributed by atoms with Crippen molar-refractivity contribution in [1.29, 1.82) is 0 Å². The second kappa shape index (κ2) is 8.77. The number of rotatable bonds is 6. The second-order valence-electron chi connectivity index (χ2n) is 6.67. The van der Waals surface area contributed by atoms with Crippen LogP contribution in [0.1, 0.15) is 23.2 Å². The smallest absolute Gasteiger partial charge is 0.255 e. The van der Waals surface area contributed by atoms with E-state index in [1.807, 2.05) is 24.3 Å². The van der Waals surface area contributed by atoms with Crippen molar-refractivity contribution in [2.45, 2.75) is 18.9 Å². The molecule has 0 unspecified atom stereocenters. The number of hydrogen-bond donors (Lipinski definition) is 1. The molecule has 0 spiro atoms.